The van der Waals surface area contributed by atoms with Gasteiger partial charge in [-0.3, -0.25) is 10.2 Å². The summed E-state index contributed by atoms with van der Waals surface area (Å²) in [6.45, 7) is 5.81. The van der Waals surface area contributed by atoms with E-state index in [1.54, 1.807) is 41.3 Å². The van der Waals surface area contributed by atoms with Crippen molar-refractivity contribution in [1.82, 2.24) is 20.3 Å². The Bertz CT molecular complexity index is 1700. The number of amides is 3. The summed E-state index contributed by atoms with van der Waals surface area (Å²) in [6.07, 6.45) is 0.991. The van der Waals surface area contributed by atoms with Crippen LogP contribution in [0.5, 0.6) is 0 Å². The van der Waals surface area contributed by atoms with Crippen LogP contribution in [0.1, 0.15) is 50.3 Å². The molecule has 0 saturated carbocycles. The number of amidine groups is 1. The van der Waals surface area contributed by atoms with Gasteiger partial charge in [-0.15, -0.1) is 0 Å². The fraction of sp³-hybridized carbons (Fsp3) is 0.364. The fourth-order valence-electron chi connectivity index (χ4n) is 5.26. The van der Waals surface area contributed by atoms with Gasteiger partial charge in [0.25, 0.3) is 0 Å². The molecule has 7 N–H and O–H groups in total. The monoisotopic (exact) mass is 652 g/mol. The highest BCUT2D eigenvalue weighted by Gasteiger charge is 2.32. The van der Waals surface area contributed by atoms with E-state index < -0.39 is 39.9 Å². The molecule has 0 aromatic heterocycles. The van der Waals surface area contributed by atoms with E-state index in [4.69, 9.17) is 11.1 Å². The molecule has 1 fully saturated rings. The fourth-order valence-corrected chi connectivity index (χ4v) is 6.50. The van der Waals surface area contributed by atoms with Crippen LogP contribution in [0.15, 0.2) is 71.6 Å². The maximum Gasteiger partial charge on any atom is 0.315 e. The Morgan fingerprint density at radius 1 is 1.04 bits per heavy atom. The number of nitrogens with zero attached hydrogens (tertiary/aromatic N) is 1. The summed E-state index contributed by atoms with van der Waals surface area (Å²) >= 11 is 0. The van der Waals surface area contributed by atoms with Crippen molar-refractivity contribution in [2.75, 3.05) is 13.1 Å². The zero-order chi connectivity index (χ0) is 33.6. The first-order valence-corrected chi connectivity index (χ1v) is 16.5. The van der Waals surface area contributed by atoms with Crippen molar-refractivity contribution >= 4 is 27.8 Å². The molecular formula is C33H41FN6O5S. The highest BCUT2D eigenvalue weighted by molar-refractivity contribution is 7.89. The number of hydrogen-bond donors (Lipinski definition) is 6. The molecule has 0 aliphatic carbocycles. The normalized spacial score (nSPS) is 14.8. The quantitative estimate of drug-likeness (QED) is 0.145. The molecule has 1 aliphatic heterocycles. The zero-order valence-electron chi connectivity index (χ0n) is 26.1. The minimum absolute atomic E-state index is 0.00112. The highest BCUT2D eigenvalue weighted by atomic mass is 32.2. The second-order valence-electron chi connectivity index (χ2n) is 12.4. The average Bonchev–Trinajstić information content (AvgIpc) is 3.00. The lowest BCUT2D eigenvalue weighted by atomic mass is 10.0. The van der Waals surface area contributed by atoms with Gasteiger partial charge in [-0.2, -0.15) is 4.72 Å². The predicted molar refractivity (Wildman–Crippen MR) is 174 cm³/mol. The summed E-state index contributed by atoms with van der Waals surface area (Å²) in [5, 5.41) is 22.9. The van der Waals surface area contributed by atoms with E-state index in [-0.39, 0.29) is 34.8 Å². The van der Waals surface area contributed by atoms with E-state index in [0.717, 1.165) is 0 Å². The molecule has 0 bridgehead atoms. The number of nitrogen functional groups attached to an aromatic ring is 1. The number of rotatable bonds is 10. The lowest BCUT2D eigenvalue weighted by Crippen LogP contribution is -2.55. The molecule has 46 heavy (non-hydrogen) atoms. The summed E-state index contributed by atoms with van der Waals surface area (Å²) in [6, 6.07) is 15.3. The van der Waals surface area contributed by atoms with Gasteiger partial charge >= 0.3 is 6.03 Å². The molecule has 4 rings (SSSR count). The Morgan fingerprint density at radius 2 is 1.72 bits per heavy atom. The number of aliphatic hydroxyl groups excluding tert-OH is 1. The van der Waals surface area contributed by atoms with Gasteiger partial charge in [0.15, 0.2) is 0 Å². The average molecular weight is 653 g/mol. The molecular weight excluding hydrogens is 611 g/mol. The third kappa shape index (κ3) is 9.12. The number of aliphatic hydroxyl groups is 1. The van der Waals surface area contributed by atoms with E-state index in [1.165, 1.54) is 30.3 Å². The molecule has 0 unspecified atom stereocenters. The molecule has 1 saturated heterocycles. The first-order valence-electron chi connectivity index (χ1n) is 15.0. The van der Waals surface area contributed by atoms with E-state index >= 15 is 0 Å². The van der Waals surface area contributed by atoms with Crippen molar-refractivity contribution < 1.29 is 27.5 Å². The van der Waals surface area contributed by atoms with Crippen LogP contribution in [0.2, 0.25) is 0 Å². The van der Waals surface area contributed by atoms with Crippen molar-refractivity contribution in [2.45, 2.75) is 69.2 Å². The summed E-state index contributed by atoms with van der Waals surface area (Å²) in [4.78, 5) is 27.7. The number of nitrogens with one attached hydrogen (secondary N) is 4. The van der Waals surface area contributed by atoms with Crippen LogP contribution in [-0.2, 0) is 27.8 Å². The maximum atomic E-state index is 14.4. The number of likely N-dealkylation sites (tertiary alicyclic amines) is 1. The van der Waals surface area contributed by atoms with Crippen LogP contribution < -0.4 is 21.1 Å². The van der Waals surface area contributed by atoms with Gasteiger partial charge in [-0.1, -0.05) is 42.5 Å². The van der Waals surface area contributed by atoms with Gasteiger partial charge in [0.05, 0.1) is 11.5 Å². The molecule has 3 aromatic carbocycles. The molecule has 1 atom stereocenters. The third-order valence-electron chi connectivity index (χ3n) is 7.60. The number of hydrogen-bond acceptors (Lipinski definition) is 6. The van der Waals surface area contributed by atoms with Gasteiger partial charge in [-0.05, 0) is 81.0 Å². The Morgan fingerprint density at radius 3 is 2.35 bits per heavy atom. The molecule has 1 heterocycles. The van der Waals surface area contributed by atoms with Crippen LogP contribution in [0.3, 0.4) is 0 Å². The number of nitrogens with two attached hydrogens (primary N) is 1. The minimum atomic E-state index is -4.25. The molecule has 3 amide bonds. The smallest absolute Gasteiger partial charge is 0.315 e. The van der Waals surface area contributed by atoms with Crippen LogP contribution in [0.25, 0.3) is 11.1 Å². The molecule has 0 radical (unpaired) electrons. The number of piperidine rings is 1. The molecule has 0 spiro atoms. The van der Waals surface area contributed by atoms with Crippen molar-refractivity contribution in [3.05, 3.63) is 89.2 Å². The summed E-state index contributed by atoms with van der Waals surface area (Å²) in [7, 11) is -4.25. The topological polar surface area (TPSA) is 178 Å². The van der Waals surface area contributed by atoms with Crippen LogP contribution >= 0.6 is 0 Å². The van der Waals surface area contributed by atoms with Crippen molar-refractivity contribution in [3.63, 3.8) is 0 Å². The third-order valence-corrected chi connectivity index (χ3v) is 9.07. The van der Waals surface area contributed by atoms with Crippen molar-refractivity contribution in [3.8, 4) is 11.1 Å². The minimum Gasteiger partial charge on any atom is -0.392 e. The predicted octanol–water partition coefficient (Wildman–Crippen LogP) is 3.25. The van der Waals surface area contributed by atoms with Gasteiger partial charge < -0.3 is 26.4 Å². The number of urea groups is 1. The second kappa shape index (κ2) is 14.4. The van der Waals surface area contributed by atoms with Crippen LogP contribution in [0, 0.1) is 11.2 Å². The number of halogens is 1. The lowest BCUT2D eigenvalue weighted by Gasteiger charge is -2.35. The van der Waals surface area contributed by atoms with Crippen molar-refractivity contribution in [1.29, 1.82) is 5.41 Å². The van der Waals surface area contributed by atoms with Gasteiger partial charge in [0, 0.05) is 35.8 Å². The number of carbonyl (C=O) groups is 2. The van der Waals surface area contributed by atoms with Gasteiger partial charge in [0.2, 0.25) is 15.9 Å². The molecule has 246 valence electrons. The molecule has 13 heteroatoms. The van der Waals surface area contributed by atoms with Crippen LogP contribution in [-0.4, -0.2) is 66.9 Å². The molecule has 3 aromatic rings. The van der Waals surface area contributed by atoms with E-state index in [2.05, 4.69) is 15.4 Å². The van der Waals surface area contributed by atoms with E-state index in [1.807, 2.05) is 20.8 Å². The molecule has 1 aliphatic rings. The Balaban J connectivity index is 1.56. The number of benzene rings is 3. The summed E-state index contributed by atoms with van der Waals surface area (Å²) in [5.41, 5.74) is 7.30. The largest absolute Gasteiger partial charge is 0.392 e. The van der Waals surface area contributed by atoms with E-state index in [9.17, 15) is 27.5 Å². The van der Waals surface area contributed by atoms with Crippen molar-refractivity contribution in [2.24, 2.45) is 5.73 Å². The SMILES string of the molecule is CC(C)(C)NC(=O)NC1CCN(C(=O)[C@H](Cc2cccc(C(=N)N)c2)NS(=O)(=O)c2cccc(-c3ccc(CO)c(F)c3)c2)CC1. The van der Waals surface area contributed by atoms with Crippen LogP contribution in [0.4, 0.5) is 9.18 Å². The first-order chi connectivity index (χ1) is 21.6. The second-order valence-corrected chi connectivity index (χ2v) is 14.1. The number of carbonyl (C=O) groups excluding carboxylic acids is 2. The van der Waals surface area contributed by atoms with E-state index in [0.29, 0.717) is 48.2 Å². The Labute approximate surface area is 268 Å². The summed E-state index contributed by atoms with van der Waals surface area (Å²) in [5.74, 6) is -1.19. The lowest BCUT2D eigenvalue weighted by molar-refractivity contribution is -0.134. The Hall–Kier alpha value is -4.33. The number of sulfonamides is 1. The highest BCUT2D eigenvalue weighted by Crippen LogP contribution is 2.25. The van der Waals surface area contributed by atoms with Gasteiger partial charge in [0.1, 0.15) is 17.7 Å². The standard InChI is InChI=1S/C33H41FN6O5S/c1-33(2,3)38-32(43)37-26-12-14-40(15-13-26)31(42)29(17-21-6-4-8-24(16-21)30(35)36)39-46(44,45)27-9-5-7-22(18-27)23-10-11-25(20-41)28(34)19-23/h4-11,16,18-19,26,29,39,41H,12-15,17,20H2,1-3H3,(H3,35,36)(H2,37,38,43)/t29-/m0/s1. The Kier molecular flexibility index (Phi) is 10.8. The first kappa shape index (κ1) is 34.5. The zero-order valence-corrected chi connectivity index (χ0v) is 27.0. The summed E-state index contributed by atoms with van der Waals surface area (Å²) < 4.78 is 44.4. The maximum absolute atomic E-state index is 14.4. The molecule has 11 nitrogen and oxygen atoms in total. The van der Waals surface area contributed by atoms with Gasteiger partial charge in [-0.25, -0.2) is 17.6 Å².